The van der Waals surface area contributed by atoms with Crippen molar-refractivity contribution in [3.8, 4) is 0 Å². The van der Waals surface area contributed by atoms with Gasteiger partial charge in [0.25, 0.3) is 0 Å². The van der Waals surface area contributed by atoms with Gasteiger partial charge in [0.15, 0.2) is 0 Å². The van der Waals surface area contributed by atoms with Crippen LogP contribution in [0.3, 0.4) is 0 Å². The molecule has 1 atom stereocenters. The van der Waals surface area contributed by atoms with Gasteiger partial charge in [-0.05, 0) is 64.7 Å². The Morgan fingerprint density at radius 1 is 1.26 bits per heavy atom. The van der Waals surface area contributed by atoms with E-state index in [1.54, 1.807) is 11.5 Å². The minimum absolute atomic E-state index is 0.0845. The molecule has 0 unspecified atom stereocenters. The molecule has 1 amide bonds. The second kappa shape index (κ2) is 6.22. The smallest absolute Gasteiger partial charge is 0.389 e. The number of aromatic nitrogens is 2. The summed E-state index contributed by atoms with van der Waals surface area (Å²) in [5.74, 6) is -0.129. The normalized spacial score (nSPS) is 17.8. The lowest BCUT2D eigenvalue weighted by molar-refractivity contribution is -0.137. The molecule has 3 rings (SSSR count). The van der Waals surface area contributed by atoms with Gasteiger partial charge in [-0.2, -0.15) is 13.2 Å². The summed E-state index contributed by atoms with van der Waals surface area (Å²) in [6.07, 6.45) is -2.77. The molecule has 1 aliphatic carbocycles. The van der Waals surface area contributed by atoms with Crippen LogP contribution in [0.2, 0.25) is 0 Å². The number of fused-ring (bicyclic) bond motifs is 1. The second-order valence-corrected chi connectivity index (χ2v) is 8.50. The van der Waals surface area contributed by atoms with Crippen LogP contribution >= 0.6 is 0 Å². The maximum Gasteiger partial charge on any atom is 0.416 e. The summed E-state index contributed by atoms with van der Waals surface area (Å²) in [6, 6.07) is 3.33. The summed E-state index contributed by atoms with van der Waals surface area (Å²) in [5, 5.41) is 13.1. The highest BCUT2D eigenvalue weighted by atomic mass is 19.4. The first kappa shape index (κ1) is 19.7. The van der Waals surface area contributed by atoms with Crippen molar-refractivity contribution < 1.29 is 23.1 Å². The van der Waals surface area contributed by atoms with Gasteiger partial charge in [-0.15, -0.1) is 0 Å². The van der Waals surface area contributed by atoms with Crippen LogP contribution in [0.1, 0.15) is 52.5 Å². The Balaban J connectivity index is 1.98. The SMILES string of the molecule is CC(C)(C)n1c(NC(=O)C[C@](C)(O)C2CC2)nc2ccc(C(F)(F)F)cc21. The van der Waals surface area contributed by atoms with Gasteiger partial charge < -0.3 is 9.67 Å². The predicted octanol–water partition coefficient (Wildman–Crippen LogP) is 4.30. The van der Waals surface area contributed by atoms with Crippen LogP contribution in [-0.4, -0.2) is 26.2 Å². The first-order valence-corrected chi connectivity index (χ1v) is 8.91. The first-order valence-electron chi connectivity index (χ1n) is 8.91. The molecule has 0 spiro atoms. The van der Waals surface area contributed by atoms with E-state index in [1.807, 2.05) is 20.8 Å². The van der Waals surface area contributed by atoms with E-state index in [2.05, 4.69) is 10.3 Å². The molecule has 1 aromatic heterocycles. The Morgan fingerprint density at radius 2 is 1.89 bits per heavy atom. The molecule has 8 heteroatoms. The zero-order valence-electron chi connectivity index (χ0n) is 15.8. The minimum atomic E-state index is -4.46. The van der Waals surface area contributed by atoms with Crippen molar-refractivity contribution in [3.05, 3.63) is 23.8 Å². The van der Waals surface area contributed by atoms with E-state index < -0.39 is 28.8 Å². The molecular formula is C19H24F3N3O2. The summed E-state index contributed by atoms with van der Waals surface area (Å²) in [4.78, 5) is 16.8. The molecule has 0 bridgehead atoms. The Morgan fingerprint density at radius 3 is 2.41 bits per heavy atom. The highest BCUT2D eigenvalue weighted by molar-refractivity contribution is 5.92. The summed E-state index contributed by atoms with van der Waals surface area (Å²) in [6.45, 7) is 7.10. The average Bonchev–Trinajstić information content (AvgIpc) is 3.26. The van der Waals surface area contributed by atoms with E-state index >= 15 is 0 Å². The van der Waals surface area contributed by atoms with Crippen molar-refractivity contribution in [1.29, 1.82) is 0 Å². The van der Waals surface area contributed by atoms with Gasteiger partial charge >= 0.3 is 6.18 Å². The maximum atomic E-state index is 13.1. The summed E-state index contributed by atoms with van der Waals surface area (Å²) in [7, 11) is 0. The van der Waals surface area contributed by atoms with E-state index in [9.17, 15) is 23.1 Å². The van der Waals surface area contributed by atoms with Crippen LogP contribution < -0.4 is 5.32 Å². The molecule has 2 N–H and O–H groups in total. The van der Waals surface area contributed by atoms with Crippen molar-refractivity contribution >= 4 is 22.9 Å². The second-order valence-electron chi connectivity index (χ2n) is 8.50. The number of hydrogen-bond donors (Lipinski definition) is 2. The minimum Gasteiger partial charge on any atom is -0.389 e. The molecule has 148 valence electrons. The molecule has 2 aromatic rings. The van der Waals surface area contributed by atoms with E-state index in [-0.39, 0.29) is 18.3 Å². The number of halogens is 3. The number of hydrogen-bond acceptors (Lipinski definition) is 3. The number of amides is 1. The molecule has 0 aliphatic heterocycles. The Bertz CT molecular complexity index is 875. The molecule has 1 aromatic carbocycles. The van der Waals surface area contributed by atoms with Gasteiger partial charge in [0, 0.05) is 5.54 Å². The van der Waals surface area contributed by atoms with Gasteiger partial charge in [-0.25, -0.2) is 4.98 Å². The fourth-order valence-corrected chi connectivity index (χ4v) is 3.36. The number of benzene rings is 1. The summed E-state index contributed by atoms with van der Waals surface area (Å²) in [5.41, 5.74) is -1.81. The molecule has 1 heterocycles. The molecule has 0 radical (unpaired) electrons. The number of imidazole rings is 1. The summed E-state index contributed by atoms with van der Waals surface area (Å²) >= 11 is 0. The lowest BCUT2D eigenvalue weighted by Crippen LogP contribution is -2.34. The van der Waals surface area contributed by atoms with Crippen LogP contribution in [-0.2, 0) is 16.5 Å². The van der Waals surface area contributed by atoms with Crippen molar-refractivity contribution in [2.45, 2.75) is 64.3 Å². The predicted molar refractivity (Wildman–Crippen MR) is 96.3 cm³/mol. The molecular weight excluding hydrogens is 359 g/mol. The van der Waals surface area contributed by atoms with E-state index in [0.717, 1.165) is 25.0 Å². The Hall–Kier alpha value is -2.09. The zero-order valence-corrected chi connectivity index (χ0v) is 15.8. The number of carbonyl (C=O) groups excluding carboxylic acids is 1. The van der Waals surface area contributed by atoms with Crippen LogP contribution in [0.25, 0.3) is 11.0 Å². The molecule has 27 heavy (non-hydrogen) atoms. The number of aliphatic hydroxyl groups is 1. The number of alkyl halides is 3. The van der Waals surface area contributed by atoms with Gasteiger partial charge in [-0.1, -0.05) is 0 Å². The van der Waals surface area contributed by atoms with Crippen LogP contribution in [0, 0.1) is 5.92 Å². The summed E-state index contributed by atoms with van der Waals surface area (Å²) < 4.78 is 40.9. The number of anilines is 1. The highest BCUT2D eigenvalue weighted by Crippen LogP contribution is 2.41. The largest absolute Gasteiger partial charge is 0.416 e. The third-order valence-electron chi connectivity index (χ3n) is 4.88. The number of nitrogens with zero attached hydrogens (tertiary/aromatic N) is 2. The van der Waals surface area contributed by atoms with Crippen molar-refractivity contribution in [2.75, 3.05) is 5.32 Å². The van der Waals surface area contributed by atoms with Crippen molar-refractivity contribution in [3.63, 3.8) is 0 Å². The van der Waals surface area contributed by atoms with Crippen LogP contribution in [0.4, 0.5) is 19.1 Å². The topological polar surface area (TPSA) is 67.2 Å². The third-order valence-corrected chi connectivity index (χ3v) is 4.88. The van der Waals surface area contributed by atoms with Gasteiger partial charge in [0.2, 0.25) is 11.9 Å². The standard InChI is InChI=1S/C19H24F3N3O2/c1-17(2,3)25-14-9-12(19(20,21)22)7-8-13(14)23-16(25)24-15(26)10-18(4,27)11-5-6-11/h7-9,11,27H,5-6,10H2,1-4H3,(H,23,24,26)/t18-/m0/s1. The zero-order chi connectivity index (χ0) is 20.2. The number of carbonyl (C=O) groups is 1. The van der Waals surface area contributed by atoms with Gasteiger partial charge in [-0.3, -0.25) is 10.1 Å². The Labute approximate surface area is 155 Å². The lowest BCUT2D eigenvalue weighted by atomic mass is 9.96. The van der Waals surface area contributed by atoms with Gasteiger partial charge in [0.1, 0.15) is 0 Å². The highest BCUT2D eigenvalue weighted by Gasteiger charge is 2.41. The molecule has 1 fully saturated rings. The quantitative estimate of drug-likeness (QED) is 0.827. The van der Waals surface area contributed by atoms with Crippen LogP contribution in [0.15, 0.2) is 18.2 Å². The maximum absolute atomic E-state index is 13.1. The molecule has 1 saturated carbocycles. The third kappa shape index (κ3) is 4.10. The molecule has 1 aliphatic rings. The fraction of sp³-hybridized carbons (Fsp3) is 0.579. The van der Waals surface area contributed by atoms with Crippen molar-refractivity contribution in [2.24, 2.45) is 5.92 Å². The Kier molecular flexibility index (Phi) is 4.53. The molecule has 0 saturated heterocycles. The van der Waals surface area contributed by atoms with Crippen LogP contribution in [0.5, 0.6) is 0 Å². The van der Waals surface area contributed by atoms with E-state index in [4.69, 9.17) is 0 Å². The van der Waals surface area contributed by atoms with Crippen molar-refractivity contribution in [1.82, 2.24) is 9.55 Å². The number of rotatable bonds is 4. The molecule has 5 nitrogen and oxygen atoms in total. The number of nitrogens with one attached hydrogen (secondary N) is 1. The first-order chi connectivity index (χ1) is 12.3. The lowest BCUT2D eigenvalue weighted by Gasteiger charge is -2.26. The van der Waals surface area contributed by atoms with Gasteiger partial charge in [0.05, 0.1) is 28.6 Å². The monoisotopic (exact) mass is 383 g/mol. The average molecular weight is 383 g/mol. The van der Waals surface area contributed by atoms with E-state index in [0.29, 0.717) is 11.0 Å². The fourth-order valence-electron chi connectivity index (χ4n) is 3.36. The van der Waals surface area contributed by atoms with E-state index in [1.165, 1.54) is 6.07 Å².